The second-order valence-electron chi connectivity index (χ2n) is 5.40. The van der Waals surface area contributed by atoms with Gasteiger partial charge in [0.05, 0.1) is 21.2 Å². The maximum absolute atomic E-state index is 12.4. The van der Waals surface area contributed by atoms with Crippen molar-refractivity contribution in [3.63, 3.8) is 0 Å². The fourth-order valence-electron chi connectivity index (χ4n) is 2.14. The van der Waals surface area contributed by atoms with Crippen molar-refractivity contribution in [2.75, 3.05) is 17.7 Å². The monoisotopic (exact) mass is 411 g/mol. The van der Waals surface area contributed by atoms with Gasteiger partial charge in [0.15, 0.2) is 6.10 Å². The molecule has 10 heteroatoms. The predicted molar refractivity (Wildman–Crippen MR) is 103 cm³/mol. The molecule has 0 bridgehead atoms. The van der Waals surface area contributed by atoms with Gasteiger partial charge in [-0.3, -0.25) is 14.9 Å². The van der Waals surface area contributed by atoms with Crippen LogP contribution in [0.2, 0.25) is 10.0 Å². The number of rotatable bonds is 6. The third-order valence-corrected chi connectivity index (χ3v) is 4.11. The quantitative estimate of drug-likeness (QED) is 0.419. The smallest absolute Gasteiger partial charge is 0.341 e. The summed E-state index contributed by atoms with van der Waals surface area (Å²) in [6.45, 7) is 1.36. The Morgan fingerprint density at radius 1 is 1.15 bits per heavy atom. The number of nitro benzene ring substituents is 1. The number of halogens is 2. The minimum absolute atomic E-state index is 0.0628. The first kappa shape index (κ1) is 20.5. The lowest BCUT2D eigenvalue weighted by Gasteiger charge is -2.15. The average Bonchev–Trinajstić information content (AvgIpc) is 2.63. The van der Waals surface area contributed by atoms with Crippen molar-refractivity contribution >= 4 is 52.1 Å². The summed E-state index contributed by atoms with van der Waals surface area (Å²) < 4.78 is 5.13. The molecule has 0 aliphatic carbocycles. The van der Waals surface area contributed by atoms with E-state index in [4.69, 9.17) is 27.9 Å². The fraction of sp³-hybridized carbons (Fsp3) is 0.176. The van der Waals surface area contributed by atoms with Crippen LogP contribution in [-0.2, 0) is 9.53 Å². The number of nitrogens with zero attached hydrogens (tertiary/aromatic N) is 1. The number of nitrogens with one attached hydrogen (secondary N) is 2. The minimum atomic E-state index is -1.18. The Bertz CT molecular complexity index is 904. The summed E-state index contributed by atoms with van der Waals surface area (Å²) in [7, 11) is 1.55. The molecule has 0 radical (unpaired) electrons. The number of carbonyl (C=O) groups is 2. The summed E-state index contributed by atoms with van der Waals surface area (Å²) in [5.74, 6) is -1.52. The van der Waals surface area contributed by atoms with Crippen molar-refractivity contribution in [1.29, 1.82) is 0 Å². The van der Waals surface area contributed by atoms with Gasteiger partial charge in [0.1, 0.15) is 0 Å². The Morgan fingerprint density at radius 2 is 1.85 bits per heavy atom. The van der Waals surface area contributed by atoms with Crippen molar-refractivity contribution in [2.24, 2.45) is 0 Å². The molecule has 0 aliphatic rings. The zero-order valence-electron chi connectivity index (χ0n) is 14.3. The second kappa shape index (κ2) is 8.70. The van der Waals surface area contributed by atoms with E-state index in [1.165, 1.54) is 31.2 Å². The molecule has 142 valence electrons. The van der Waals surface area contributed by atoms with Crippen LogP contribution in [0.15, 0.2) is 36.4 Å². The van der Waals surface area contributed by atoms with Crippen molar-refractivity contribution in [3.8, 4) is 0 Å². The molecular formula is C17H15Cl2N3O5. The van der Waals surface area contributed by atoms with E-state index in [0.717, 1.165) is 6.07 Å². The van der Waals surface area contributed by atoms with Gasteiger partial charge in [0.2, 0.25) is 0 Å². The molecule has 27 heavy (non-hydrogen) atoms. The van der Waals surface area contributed by atoms with E-state index in [9.17, 15) is 19.7 Å². The molecule has 2 aromatic carbocycles. The normalized spacial score (nSPS) is 11.4. The Hall–Kier alpha value is -2.84. The zero-order chi connectivity index (χ0) is 20.1. The summed E-state index contributed by atoms with van der Waals surface area (Å²) in [6, 6.07) is 8.23. The van der Waals surface area contributed by atoms with Gasteiger partial charge in [-0.05, 0) is 31.2 Å². The number of carbonyl (C=O) groups excluding carboxylic acids is 2. The second-order valence-corrected chi connectivity index (χ2v) is 6.24. The fourth-order valence-corrected chi connectivity index (χ4v) is 2.47. The number of esters is 1. The molecule has 1 amide bonds. The first-order valence-electron chi connectivity index (χ1n) is 7.66. The van der Waals surface area contributed by atoms with Gasteiger partial charge in [0.25, 0.3) is 11.6 Å². The molecule has 2 N–H and O–H groups in total. The van der Waals surface area contributed by atoms with Crippen LogP contribution in [0.4, 0.5) is 17.1 Å². The molecule has 8 nitrogen and oxygen atoms in total. The molecule has 0 aromatic heterocycles. The van der Waals surface area contributed by atoms with Gasteiger partial charge < -0.3 is 15.4 Å². The number of ether oxygens (including phenoxy) is 1. The maximum atomic E-state index is 12.4. The van der Waals surface area contributed by atoms with Crippen LogP contribution < -0.4 is 10.6 Å². The summed E-state index contributed by atoms with van der Waals surface area (Å²) in [6.07, 6.45) is -1.18. The lowest BCUT2D eigenvalue weighted by atomic mass is 10.1. The van der Waals surface area contributed by atoms with Crippen LogP contribution in [0.1, 0.15) is 17.3 Å². The summed E-state index contributed by atoms with van der Waals surface area (Å²) in [5, 5.41) is 16.8. The number of benzene rings is 2. The van der Waals surface area contributed by atoms with E-state index in [-0.39, 0.29) is 22.0 Å². The van der Waals surface area contributed by atoms with Crippen LogP contribution in [0, 0.1) is 10.1 Å². The number of amides is 1. The number of hydrogen-bond donors (Lipinski definition) is 2. The molecule has 2 rings (SSSR count). The Morgan fingerprint density at radius 3 is 2.48 bits per heavy atom. The SMILES string of the molecule is CNc1ccc([N+](=O)[O-])cc1C(=O)O[C@@H](C)C(=O)Nc1cc(Cl)ccc1Cl. The molecular weight excluding hydrogens is 397 g/mol. The molecule has 0 fully saturated rings. The van der Waals surface area contributed by atoms with Gasteiger partial charge in [-0.25, -0.2) is 4.79 Å². The highest BCUT2D eigenvalue weighted by atomic mass is 35.5. The molecule has 0 aliphatic heterocycles. The lowest BCUT2D eigenvalue weighted by Crippen LogP contribution is -2.30. The Kier molecular flexibility index (Phi) is 6.59. The van der Waals surface area contributed by atoms with Crippen molar-refractivity contribution in [3.05, 3.63) is 62.1 Å². The van der Waals surface area contributed by atoms with Crippen molar-refractivity contribution < 1.29 is 19.2 Å². The molecule has 0 spiro atoms. The standard InChI is InChI=1S/C17H15Cl2N3O5/c1-9(16(23)21-15-7-10(18)3-5-13(15)19)27-17(24)12-8-11(22(25)26)4-6-14(12)20-2/h3-9,20H,1-2H3,(H,21,23)/t9-/m0/s1. The van der Waals surface area contributed by atoms with Crippen LogP contribution in [0.3, 0.4) is 0 Å². The van der Waals surface area contributed by atoms with Gasteiger partial charge >= 0.3 is 5.97 Å². The molecule has 0 unspecified atom stereocenters. The molecule has 2 aromatic rings. The average molecular weight is 412 g/mol. The first-order chi connectivity index (χ1) is 12.7. The molecule has 1 atom stereocenters. The number of hydrogen-bond acceptors (Lipinski definition) is 6. The van der Waals surface area contributed by atoms with E-state index in [1.54, 1.807) is 13.1 Å². The summed E-state index contributed by atoms with van der Waals surface area (Å²) >= 11 is 11.8. The third-order valence-electron chi connectivity index (χ3n) is 3.54. The maximum Gasteiger partial charge on any atom is 0.341 e. The van der Waals surface area contributed by atoms with Crippen molar-refractivity contribution in [2.45, 2.75) is 13.0 Å². The third kappa shape index (κ3) is 5.08. The number of nitro groups is 1. The molecule has 0 heterocycles. The highest BCUT2D eigenvalue weighted by Crippen LogP contribution is 2.26. The van der Waals surface area contributed by atoms with E-state index >= 15 is 0 Å². The highest BCUT2D eigenvalue weighted by molar-refractivity contribution is 6.35. The van der Waals surface area contributed by atoms with Gasteiger partial charge in [-0.1, -0.05) is 23.2 Å². The van der Waals surface area contributed by atoms with Gasteiger partial charge in [0, 0.05) is 29.9 Å². The highest BCUT2D eigenvalue weighted by Gasteiger charge is 2.23. The largest absolute Gasteiger partial charge is 0.449 e. The summed E-state index contributed by atoms with van der Waals surface area (Å²) in [4.78, 5) is 34.9. The van der Waals surface area contributed by atoms with Gasteiger partial charge in [-0.2, -0.15) is 0 Å². The van der Waals surface area contributed by atoms with Crippen LogP contribution >= 0.6 is 23.2 Å². The van der Waals surface area contributed by atoms with Crippen LogP contribution in [0.25, 0.3) is 0 Å². The Balaban J connectivity index is 2.15. The van der Waals surface area contributed by atoms with Gasteiger partial charge in [-0.15, -0.1) is 0 Å². The van der Waals surface area contributed by atoms with Crippen LogP contribution in [0.5, 0.6) is 0 Å². The zero-order valence-corrected chi connectivity index (χ0v) is 15.8. The lowest BCUT2D eigenvalue weighted by molar-refractivity contribution is -0.384. The first-order valence-corrected chi connectivity index (χ1v) is 8.41. The van der Waals surface area contributed by atoms with Crippen molar-refractivity contribution in [1.82, 2.24) is 0 Å². The Labute approximate surface area is 164 Å². The van der Waals surface area contributed by atoms with Crippen LogP contribution in [-0.4, -0.2) is 30.0 Å². The van der Waals surface area contributed by atoms with E-state index in [2.05, 4.69) is 10.6 Å². The van der Waals surface area contributed by atoms with E-state index < -0.39 is 22.9 Å². The van der Waals surface area contributed by atoms with E-state index in [0.29, 0.717) is 10.7 Å². The molecule has 0 saturated heterocycles. The minimum Gasteiger partial charge on any atom is -0.449 e. The summed E-state index contributed by atoms with van der Waals surface area (Å²) in [5.41, 5.74) is 0.260. The topological polar surface area (TPSA) is 111 Å². The molecule has 0 saturated carbocycles. The number of non-ortho nitro benzene ring substituents is 1. The predicted octanol–water partition coefficient (Wildman–Crippen LogP) is 4.13. The number of anilines is 2. The van der Waals surface area contributed by atoms with E-state index in [1.807, 2.05) is 0 Å².